The molecular formula is C34H37ClN4O4. The summed E-state index contributed by atoms with van der Waals surface area (Å²) in [5.41, 5.74) is 4.66. The van der Waals surface area contributed by atoms with Gasteiger partial charge >= 0.3 is 0 Å². The minimum atomic E-state index is -0.345. The monoisotopic (exact) mass is 600 g/mol. The van der Waals surface area contributed by atoms with E-state index in [2.05, 4.69) is 11.8 Å². The van der Waals surface area contributed by atoms with Crippen LogP contribution in [0.3, 0.4) is 0 Å². The first-order chi connectivity index (χ1) is 20.9. The summed E-state index contributed by atoms with van der Waals surface area (Å²) in [7, 11) is 0. The predicted molar refractivity (Wildman–Crippen MR) is 168 cm³/mol. The van der Waals surface area contributed by atoms with Gasteiger partial charge in [0.2, 0.25) is 5.91 Å². The molecule has 3 amide bonds. The lowest BCUT2D eigenvalue weighted by Gasteiger charge is -2.34. The minimum absolute atomic E-state index is 0.00213. The fraction of sp³-hybridized carbons (Fsp3) is 0.382. The molecule has 43 heavy (non-hydrogen) atoms. The van der Waals surface area contributed by atoms with Gasteiger partial charge in [-0.1, -0.05) is 36.7 Å². The number of amides is 3. The van der Waals surface area contributed by atoms with E-state index in [1.54, 1.807) is 28.0 Å². The zero-order valence-corrected chi connectivity index (χ0v) is 25.3. The standard InChI is InChI=1S/C34H37ClN4O4/c1-2-36-18-20-37(21-19-36)32(40)23-43-31-8-5-16-39(30-14-11-26(35)22-29(30)31)33(41)25-9-12-27(13-10-25)38-17-15-24-6-3-4-7-28(24)34(38)42/h3-4,6-7,9-14,22,31H,2,5,8,15-21,23H2,1H3. The molecule has 1 saturated heterocycles. The normalized spacial score (nSPS) is 19.1. The number of ether oxygens (including phenoxy) is 1. The van der Waals surface area contributed by atoms with Gasteiger partial charge in [-0.25, -0.2) is 0 Å². The van der Waals surface area contributed by atoms with Gasteiger partial charge in [-0.2, -0.15) is 0 Å². The van der Waals surface area contributed by atoms with Crippen molar-refractivity contribution >= 4 is 40.7 Å². The second-order valence-corrected chi connectivity index (χ2v) is 11.8. The summed E-state index contributed by atoms with van der Waals surface area (Å²) in [5, 5.41) is 0.556. The van der Waals surface area contributed by atoms with E-state index in [1.807, 2.05) is 53.4 Å². The summed E-state index contributed by atoms with van der Waals surface area (Å²) < 4.78 is 6.23. The van der Waals surface area contributed by atoms with Gasteiger partial charge in [0.1, 0.15) is 6.61 Å². The third-order valence-corrected chi connectivity index (χ3v) is 9.06. The molecule has 0 aliphatic carbocycles. The largest absolute Gasteiger partial charge is 0.364 e. The maximum absolute atomic E-state index is 13.9. The van der Waals surface area contributed by atoms with Crippen LogP contribution in [0.2, 0.25) is 5.02 Å². The maximum Gasteiger partial charge on any atom is 0.258 e. The lowest BCUT2D eigenvalue weighted by molar-refractivity contribution is -0.140. The van der Waals surface area contributed by atoms with Crippen LogP contribution in [-0.2, 0) is 16.0 Å². The Kier molecular flexibility index (Phi) is 8.79. The van der Waals surface area contributed by atoms with Crippen molar-refractivity contribution in [2.75, 3.05) is 62.2 Å². The molecule has 0 saturated carbocycles. The molecule has 1 atom stereocenters. The molecule has 3 aliphatic rings. The first kappa shape index (κ1) is 29.4. The van der Waals surface area contributed by atoms with Crippen LogP contribution < -0.4 is 9.80 Å². The zero-order valence-electron chi connectivity index (χ0n) is 24.5. The van der Waals surface area contributed by atoms with E-state index >= 15 is 0 Å². The van der Waals surface area contributed by atoms with Gasteiger partial charge in [0.25, 0.3) is 11.8 Å². The van der Waals surface area contributed by atoms with E-state index in [0.29, 0.717) is 49.6 Å². The van der Waals surface area contributed by atoms with Crippen LogP contribution in [0.25, 0.3) is 0 Å². The van der Waals surface area contributed by atoms with E-state index in [1.165, 1.54) is 0 Å². The first-order valence-electron chi connectivity index (χ1n) is 15.2. The fourth-order valence-corrected chi connectivity index (χ4v) is 6.49. The number of rotatable bonds is 6. The molecule has 8 nitrogen and oxygen atoms in total. The van der Waals surface area contributed by atoms with Crippen molar-refractivity contribution in [2.24, 2.45) is 0 Å². The number of benzene rings is 3. The van der Waals surface area contributed by atoms with Crippen molar-refractivity contribution in [3.05, 3.63) is 94.0 Å². The Labute approximate surface area is 257 Å². The van der Waals surface area contributed by atoms with Crippen LogP contribution in [0.5, 0.6) is 0 Å². The van der Waals surface area contributed by atoms with E-state index in [0.717, 1.165) is 54.1 Å². The molecule has 0 N–H and O–H groups in total. The number of anilines is 2. The summed E-state index contributed by atoms with van der Waals surface area (Å²) in [6.45, 7) is 7.42. The SMILES string of the molecule is CCN1CCN(C(=O)COC2CCCN(C(=O)c3ccc(N4CCc5ccccc5C4=O)cc3)c3ccc(Cl)cc32)CC1. The number of likely N-dealkylation sites (N-methyl/N-ethyl adjacent to an activating group) is 1. The van der Waals surface area contributed by atoms with Gasteiger partial charge in [-0.3, -0.25) is 14.4 Å². The maximum atomic E-state index is 13.9. The summed E-state index contributed by atoms with van der Waals surface area (Å²) >= 11 is 6.42. The zero-order chi connectivity index (χ0) is 29.9. The Bertz CT molecular complexity index is 1500. The summed E-state index contributed by atoms with van der Waals surface area (Å²) in [4.78, 5) is 47.7. The van der Waals surface area contributed by atoms with Crippen molar-refractivity contribution in [1.29, 1.82) is 0 Å². The third-order valence-electron chi connectivity index (χ3n) is 8.82. The van der Waals surface area contributed by atoms with Crippen molar-refractivity contribution < 1.29 is 19.1 Å². The minimum Gasteiger partial charge on any atom is -0.364 e. The van der Waals surface area contributed by atoms with Crippen LogP contribution in [0.1, 0.15) is 57.7 Å². The summed E-state index contributed by atoms with van der Waals surface area (Å²) in [6.07, 6.45) is 1.83. The Hall–Kier alpha value is -3.72. The molecule has 0 aromatic heterocycles. The van der Waals surface area contributed by atoms with E-state index in [-0.39, 0.29) is 30.4 Å². The van der Waals surface area contributed by atoms with Crippen molar-refractivity contribution in [3.63, 3.8) is 0 Å². The first-order valence-corrected chi connectivity index (χ1v) is 15.5. The topological polar surface area (TPSA) is 73.4 Å². The van der Waals surface area contributed by atoms with Crippen molar-refractivity contribution in [3.8, 4) is 0 Å². The molecule has 224 valence electrons. The molecule has 1 fully saturated rings. The van der Waals surface area contributed by atoms with E-state index in [4.69, 9.17) is 16.3 Å². The van der Waals surface area contributed by atoms with Crippen LogP contribution in [0.15, 0.2) is 66.7 Å². The molecule has 3 aliphatic heterocycles. The number of nitrogens with zero attached hydrogens (tertiary/aromatic N) is 4. The Morgan fingerprint density at radius 2 is 1.70 bits per heavy atom. The van der Waals surface area contributed by atoms with Gasteiger partial charge in [-0.05, 0) is 79.9 Å². The number of hydrogen-bond acceptors (Lipinski definition) is 5. The highest BCUT2D eigenvalue weighted by Crippen LogP contribution is 2.38. The van der Waals surface area contributed by atoms with Gasteiger partial charge in [0.15, 0.2) is 0 Å². The molecule has 3 aromatic carbocycles. The van der Waals surface area contributed by atoms with Crippen LogP contribution in [0, 0.1) is 0 Å². The number of hydrogen-bond donors (Lipinski definition) is 0. The lowest BCUT2D eigenvalue weighted by atomic mass is 9.98. The highest BCUT2D eigenvalue weighted by Gasteiger charge is 2.30. The Morgan fingerprint density at radius 3 is 2.47 bits per heavy atom. The molecule has 3 heterocycles. The van der Waals surface area contributed by atoms with Crippen LogP contribution >= 0.6 is 11.6 Å². The number of halogens is 1. The highest BCUT2D eigenvalue weighted by molar-refractivity contribution is 6.30. The number of piperazine rings is 1. The smallest absolute Gasteiger partial charge is 0.258 e. The van der Waals surface area contributed by atoms with Crippen molar-refractivity contribution in [2.45, 2.75) is 32.3 Å². The molecular weight excluding hydrogens is 564 g/mol. The fourth-order valence-electron chi connectivity index (χ4n) is 6.31. The molecule has 1 unspecified atom stereocenters. The molecule has 0 radical (unpaired) electrons. The van der Waals surface area contributed by atoms with Gasteiger partial charge in [0.05, 0.1) is 6.10 Å². The average Bonchev–Trinajstić information content (AvgIpc) is 3.22. The molecule has 6 rings (SSSR count). The van der Waals surface area contributed by atoms with E-state index in [9.17, 15) is 14.4 Å². The van der Waals surface area contributed by atoms with Crippen LogP contribution in [0.4, 0.5) is 11.4 Å². The molecule has 3 aromatic rings. The second-order valence-electron chi connectivity index (χ2n) is 11.3. The van der Waals surface area contributed by atoms with Crippen LogP contribution in [-0.4, -0.2) is 79.9 Å². The van der Waals surface area contributed by atoms with Gasteiger partial charge < -0.3 is 24.3 Å². The Balaban J connectivity index is 1.16. The van der Waals surface area contributed by atoms with Gasteiger partial charge in [-0.15, -0.1) is 0 Å². The number of fused-ring (bicyclic) bond motifs is 2. The highest BCUT2D eigenvalue weighted by atomic mass is 35.5. The number of carbonyl (C=O) groups excluding carboxylic acids is 3. The Morgan fingerprint density at radius 1 is 0.930 bits per heavy atom. The summed E-state index contributed by atoms with van der Waals surface area (Å²) in [6, 6.07) is 20.5. The summed E-state index contributed by atoms with van der Waals surface area (Å²) in [5.74, 6) is -0.157. The quantitative estimate of drug-likeness (QED) is 0.389. The molecule has 9 heteroatoms. The molecule has 0 bridgehead atoms. The predicted octanol–water partition coefficient (Wildman–Crippen LogP) is 5.21. The third kappa shape index (κ3) is 6.18. The van der Waals surface area contributed by atoms with Crippen molar-refractivity contribution in [1.82, 2.24) is 9.80 Å². The lowest BCUT2D eigenvalue weighted by Crippen LogP contribution is -2.49. The van der Waals surface area contributed by atoms with Gasteiger partial charge in [0, 0.05) is 72.4 Å². The average molecular weight is 601 g/mol. The second kappa shape index (κ2) is 12.9. The number of carbonyl (C=O) groups is 3. The van der Waals surface area contributed by atoms with E-state index < -0.39 is 0 Å². The molecule has 0 spiro atoms.